The fourth-order valence-electron chi connectivity index (χ4n) is 2.76. The van der Waals surface area contributed by atoms with E-state index in [0.717, 1.165) is 5.56 Å². The summed E-state index contributed by atoms with van der Waals surface area (Å²) in [7, 11) is 1.52. The molecule has 0 aliphatic heterocycles. The van der Waals surface area contributed by atoms with E-state index < -0.39 is 11.7 Å². The monoisotopic (exact) mass is 527 g/mol. The standard InChI is InChI=1S/C20H20BrClFN5O4/c1-30-16-8-11(9-25-5-6-26-20(29)17-19(24)28-32-27-17)7-13(21)18(16)31-10-12-14(22)3-2-4-15(12)23/h2-4,7-8,25H,5-6,9-10H2,1H3,(H2,24,28)(H,26,29). The van der Waals surface area contributed by atoms with Crippen LogP contribution in [0.3, 0.4) is 0 Å². The highest BCUT2D eigenvalue weighted by molar-refractivity contribution is 9.10. The number of ether oxygens (including phenoxy) is 2. The number of benzene rings is 2. The Hall–Kier alpha value is -2.89. The quantitative estimate of drug-likeness (QED) is 0.342. The van der Waals surface area contributed by atoms with Crippen molar-refractivity contribution in [1.82, 2.24) is 20.9 Å². The van der Waals surface area contributed by atoms with Crippen LogP contribution in [0.5, 0.6) is 11.5 Å². The molecule has 2 aromatic carbocycles. The van der Waals surface area contributed by atoms with Gasteiger partial charge in [-0.05, 0) is 56.1 Å². The van der Waals surface area contributed by atoms with Crippen molar-refractivity contribution in [1.29, 1.82) is 0 Å². The van der Waals surface area contributed by atoms with E-state index in [2.05, 4.69) is 41.5 Å². The molecular weight excluding hydrogens is 509 g/mol. The molecule has 4 N–H and O–H groups in total. The first-order chi connectivity index (χ1) is 15.4. The van der Waals surface area contributed by atoms with Gasteiger partial charge < -0.3 is 25.8 Å². The zero-order valence-electron chi connectivity index (χ0n) is 17.0. The molecule has 0 atom stereocenters. The Morgan fingerprint density at radius 1 is 1.31 bits per heavy atom. The third-order valence-electron chi connectivity index (χ3n) is 4.36. The summed E-state index contributed by atoms with van der Waals surface area (Å²) in [4.78, 5) is 11.9. The van der Waals surface area contributed by atoms with Crippen LogP contribution in [0.1, 0.15) is 21.6 Å². The number of anilines is 1. The van der Waals surface area contributed by atoms with Gasteiger partial charge in [0.15, 0.2) is 11.5 Å². The van der Waals surface area contributed by atoms with Gasteiger partial charge in [-0.3, -0.25) is 4.79 Å². The van der Waals surface area contributed by atoms with E-state index in [0.29, 0.717) is 35.6 Å². The second-order valence-electron chi connectivity index (χ2n) is 6.53. The van der Waals surface area contributed by atoms with Crippen molar-refractivity contribution in [2.24, 2.45) is 0 Å². The van der Waals surface area contributed by atoms with Gasteiger partial charge in [0.25, 0.3) is 5.91 Å². The van der Waals surface area contributed by atoms with Gasteiger partial charge in [-0.25, -0.2) is 9.02 Å². The summed E-state index contributed by atoms with van der Waals surface area (Å²) in [5, 5.41) is 12.9. The number of nitrogens with two attached hydrogens (primary N) is 1. The minimum Gasteiger partial charge on any atom is -0.493 e. The molecule has 0 aliphatic rings. The smallest absolute Gasteiger partial charge is 0.277 e. The molecule has 0 spiro atoms. The second-order valence-corrected chi connectivity index (χ2v) is 7.79. The minimum atomic E-state index is -0.466. The topological polar surface area (TPSA) is 125 Å². The number of nitrogens with one attached hydrogen (secondary N) is 2. The van der Waals surface area contributed by atoms with Crippen molar-refractivity contribution in [3.05, 3.63) is 62.5 Å². The third kappa shape index (κ3) is 5.87. The van der Waals surface area contributed by atoms with Crippen molar-refractivity contribution in [3.63, 3.8) is 0 Å². The molecule has 0 radical (unpaired) electrons. The molecule has 3 rings (SSSR count). The Labute approximate surface area is 196 Å². The number of methoxy groups -OCH3 is 1. The van der Waals surface area contributed by atoms with Gasteiger partial charge in [-0.15, -0.1) is 0 Å². The van der Waals surface area contributed by atoms with Crippen LogP contribution in [-0.4, -0.2) is 36.4 Å². The molecule has 0 unspecified atom stereocenters. The van der Waals surface area contributed by atoms with Crippen LogP contribution in [0.15, 0.2) is 39.4 Å². The number of rotatable bonds is 10. The summed E-state index contributed by atoms with van der Waals surface area (Å²) in [6, 6.07) is 8.12. The molecule has 0 saturated heterocycles. The van der Waals surface area contributed by atoms with Gasteiger partial charge in [0.1, 0.15) is 12.4 Å². The molecule has 0 fully saturated rings. The first-order valence-electron chi connectivity index (χ1n) is 9.39. The highest BCUT2D eigenvalue weighted by atomic mass is 79.9. The molecule has 1 aromatic heterocycles. The summed E-state index contributed by atoms with van der Waals surface area (Å²) in [5.41, 5.74) is 6.59. The summed E-state index contributed by atoms with van der Waals surface area (Å²) in [6.07, 6.45) is 0. The Bertz CT molecular complexity index is 1080. The average molecular weight is 529 g/mol. The predicted octanol–water partition coefficient (Wildman–Crippen LogP) is 3.31. The van der Waals surface area contributed by atoms with E-state index in [1.807, 2.05) is 6.07 Å². The van der Waals surface area contributed by atoms with Crippen molar-refractivity contribution in [2.75, 3.05) is 25.9 Å². The number of hydrogen-bond acceptors (Lipinski definition) is 8. The number of aromatic nitrogens is 2. The number of hydrogen-bond donors (Lipinski definition) is 3. The van der Waals surface area contributed by atoms with Crippen LogP contribution in [0, 0.1) is 5.82 Å². The highest BCUT2D eigenvalue weighted by Gasteiger charge is 2.16. The zero-order chi connectivity index (χ0) is 23.1. The van der Waals surface area contributed by atoms with E-state index >= 15 is 0 Å². The summed E-state index contributed by atoms with van der Waals surface area (Å²) in [5.74, 6) is -0.0611. The van der Waals surface area contributed by atoms with Crippen LogP contribution in [0.4, 0.5) is 10.2 Å². The van der Waals surface area contributed by atoms with Crippen LogP contribution >= 0.6 is 27.5 Å². The number of carbonyl (C=O) groups excluding carboxylic acids is 1. The van der Waals surface area contributed by atoms with Gasteiger partial charge >= 0.3 is 0 Å². The largest absolute Gasteiger partial charge is 0.493 e. The van der Waals surface area contributed by atoms with Crippen LogP contribution in [-0.2, 0) is 13.2 Å². The molecule has 32 heavy (non-hydrogen) atoms. The maximum atomic E-state index is 14.0. The highest BCUT2D eigenvalue weighted by Crippen LogP contribution is 2.37. The number of nitrogens with zero attached hydrogens (tertiary/aromatic N) is 2. The molecule has 3 aromatic rings. The van der Waals surface area contributed by atoms with E-state index in [-0.39, 0.29) is 28.7 Å². The van der Waals surface area contributed by atoms with Crippen LogP contribution in [0.2, 0.25) is 5.02 Å². The van der Waals surface area contributed by atoms with Crippen molar-refractivity contribution in [3.8, 4) is 11.5 Å². The normalized spacial score (nSPS) is 10.8. The maximum Gasteiger partial charge on any atom is 0.277 e. The summed E-state index contributed by atoms with van der Waals surface area (Å²) in [6.45, 7) is 1.27. The molecule has 0 aliphatic carbocycles. The summed E-state index contributed by atoms with van der Waals surface area (Å²) < 4.78 is 30.2. The molecule has 1 heterocycles. The lowest BCUT2D eigenvalue weighted by molar-refractivity contribution is 0.0944. The first-order valence-corrected chi connectivity index (χ1v) is 10.6. The molecule has 0 saturated carbocycles. The number of nitrogen functional groups attached to an aromatic ring is 1. The van der Waals surface area contributed by atoms with Crippen LogP contribution < -0.4 is 25.8 Å². The molecule has 170 valence electrons. The lowest BCUT2D eigenvalue weighted by Gasteiger charge is -2.15. The summed E-state index contributed by atoms with van der Waals surface area (Å²) >= 11 is 9.53. The van der Waals surface area contributed by atoms with Crippen molar-refractivity contribution >= 4 is 39.3 Å². The van der Waals surface area contributed by atoms with E-state index in [9.17, 15) is 9.18 Å². The lowest BCUT2D eigenvalue weighted by atomic mass is 10.2. The van der Waals surface area contributed by atoms with E-state index in [4.69, 9.17) is 26.8 Å². The lowest BCUT2D eigenvalue weighted by Crippen LogP contribution is -2.32. The molecule has 0 bridgehead atoms. The van der Waals surface area contributed by atoms with Gasteiger partial charge in [0.05, 0.1) is 16.6 Å². The SMILES string of the molecule is COc1cc(CNCCNC(=O)c2nonc2N)cc(Br)c1OCc1c(F)cccc1Cl. The Morgan fingerprint density at radius 2 is 2.12 bits per heavy atom. The van der Waals surface area contributed by atoms with Gasteiger partial charge in [-0.2, -0.15) is 0 Å². The number of amides is 1. The van der Waals surface area contributed by atoms with Crippen molar-refractivity contribution < 1.29 is 23.3 Å². The fourth-order valence-corrected chi connectivity index (χ4v) is 3.59. The van der Waals surface area contributed by atoms with E-state index in [1.165, 1.54) is 19.2 Å². The Balaban J connectivity index is 1.54. The van der Waals surface area contributed by atoms with Gasteiger partial charge in [0.2, 0.25) is 11.5 Å². The van der Waals surface area contributed by atoms with Crippen LogP contribution in [0.25, 0.3) is 0 Å². The fraction of sp³-hybridized carbons (Fsp3) is 0.250. The first kappa shape index (κ1) is 23.8. The molecule has 1 amide bonds. The van der Waals surface area contributed by atoms with Gasteiger partial charge in [0, 0.05) is 25.2 Å². The molecule has 9 nitrogen and oxygen atoms in total. The molecule has 12 heteroatoms. The second kappa shape index (κ2) is 11.1. The maximum absolute atomic E-state index is 14.0. The molecular formula is C20H20BrClFN5O4. The van der Waals surface area contributed by atoms with E-state index in [1.54, 1.807) is 12.1 Å². The number of carbonyl (C=O) groups is 1. The average Bonchev–Trinajstić information content (AvgIpc) is 3.19. The Morgan fingerprint density at radius 3 is 2.81 bits per heavy atom. The van der Waals surface area contributed by atoms with Gasteiger partial charge in [-0.1, -0.05) is 17.7 Å². The van der Waals surface area contributed by atoms with Crippen molar-refractivity contribution in [2.45, 2.75) is 13.2 Å². The minimum absolute atomic E-state index is 0.0501. The third-order valence-corrected chi connectivity index (χ3v) is 5.30. The Kier molecular flexibility index (Phi) is 8.26. The predicted molar refractivity (Wildman–Crippen MR) is 119 cm³/mol. The number of halogens is 3. The zero-order valence-corrected chi connectivity index (χ0v) is 19.3.